The molecule has 0 aromatic heterocycles. The molecule has 0 spiro atoms. The highest BCUT2D eigenvalue weighted by Gasteiger charge is 2.21. The lowest BCUT2D eigenvalue weighted by Gasteiger charge is -2.35. The maximum Gasteiger partial charge on any atom is 0.263 e. The molecule has 0 atom stereocenters. The second kappa shape index (κ2) is 8.33. The third-order valence-electron chi connectivity index (χ3n) is 4.33. The Morgan fingerprint density at radius 1 is 0.960 bits per heavy atom. The summed E-state index contributed by atoms with van der Waals surface area (Å²) in [6.07, 6.45) is 0. The van der Waals surface area contributed by atoms with Gasteiger partial charge in [-0.05, 0) is 24.6 Å². The normalized spacial score (nSPS) is 15.2. The fourth-order valence-corrected chi connectivity index (χ4v) is 2.86. The maximum atomic E-state index is 12.3. The Kier molecular flexibility index (Phi) is 5.67. The van der Waals surface area contributed by atoms with Crippen LogP contribution in [0.4, 0.5) is 5.69 Å². The van der Waals surface area contributed by atoms with Gasteiger partial charge in [-0.1, -0.05) is 53.7 Å². The van der Waals surface area contributed by atoms with Crippen molar-refractivity contribution in [2.45, 2.75) is 6.92 Å². The minimum absolute atomic E-state index is 0.0164. The van der Waals surface area contributed by atoms with Gasteiger partial charge in [-0.2, -0.15) is 0 Å². The maximum absolute atomic E-state index is 12.3. The fraction of sp³-hybridized carbons (Fsp3) is 0.300. The van der Waals surface area contributed by atoms with Crippen LogP contribution in [0.3, 0.4) is 0 Å². The number of benzene rings is 2. The van der Waals surface area contributed by atoms with Crippen LogP contribution in [0.25, 0.3) is 0 Å². The molecular weight excluding hydrogens is 314 g/mol. The van der Waals surface area contributed by atoms with E-state index in [1.54, 1.807) is 0 Å². The highest BCUT2D eigenvalue weighted by Crippen LogP contribution is 2.15. The molecular formula is C20H23N3O2. The van der Waals surface area contributed by atoms with E-state index in [4.69, 9.17) is 4.84 Å². The van der Waals surface area contributed by atoms with Gasteiger partial charge >= 0.3 is 0 Å². The van der Waals surface area contributed by atoms with Gasteiger partial charge in [0.15, 0.2) is 6.61 Å². The molecule has 5 nitrogen and oxygen atoms in total. The van der Waals surface area contributed by atoms with Crippen molar-refractivity contribution in [3.05, 3.63) is 66.2 Å². The molecule has 0 radical (unpaired) electrons. The Morgan fingerprint density at radius 3 is 2.20 bits per heavy atom. The van der Waals surface area contributed by atoms with Crippen molar-refractivity contribution in [3.63, 3.8) is 0 Å². The van der Waals surface area contributed by atoms with Gasteiger partial charge in [0.25, 0.3) is 5.91 Å². The molecule has 0 saturated carbocycles. The third kappa shape index (κ3) is 4.59. The summed E-state index contributed by atoms with van der Waals surface area (Å²) in [6.45, 7) is 4.94. The second-order valence-electron chi connectivity index (χ2n) is 6.02. The largest absolute Gasteiger partial charge is 0.385 e. The monoisotopic (exact) mass is 337 g/mol. The Morgan fingerprint density at radius 2 is 1.56 bits per heavy atom. The molecule has 1 aliphatic rings. The Bertz CT molecular complexity index is 708. The highest BCUT2D eigenvalue weighted by molar-refractivity contribution is 5.98. The molecule has 2 aromatic rings. The van der Waals surface area contributed by atoms with E-state index in [0.717, 1.165) is 24.4 Å². The number of carbonyl (C=O) groups excluding carboxylic acids is 1. The molecule has 0 N–H and O–H groups in total. The average molecular weight is 337 g/mol. The smallest absolute Gasteiger partial charge is 0.263 e. The molecule has 1 aliphatic heterocycles. The van der Waals surface area contributed by atoms with Gasteiger partial charge in [-0.15, -0.1) is 0 Å². The van der Waals surface area contributed by atoms with Crippen molar-refractivity contribution in [2.75, 3.05) is 37.7 Å². The van der Waals surface area contributed by atoms with Crippen molar-refractivity contribution >= 4 is 17.3 Å². The molecule has 0 unspecified atom stereocenters. The number of oxime groups is 1. The van der Waals surface area contributed by atoms with E-state index in [1.807, 2.05) is 60.4 Å². The molecule has 1 heterocycles. The van der Waals surface area contributed by atoms with Gasteiger partial charge in [0, 0.05) is 31.9 Å². The predicted octanol–water partition coefficient (Wildman–Crippen LogP) is 2.78. The number of amides is 1. The van der Waals surface area contributed by atoms with Gasteiger partial charge in [0.05, 0.1) is 5.71 Å². The first-order valence-corrected chi connectivity index (χ1v) is 8.54. The lowest BCUT2D eigenvalue weighted by Crippen LogP contribution is -2.49. The average Bonchev–Trinajstić information content (AvgIpc) is 2.69. The number of hydrogen-bond acceptors (Lipinski definition) is 4. The zero-order valence-electron chi connectivity index (χ0n) is 14.5. The SMILES string of the molecule is CC(=NOCC(=O)N1CCN(c2ccccc2)CC1)c1ccccc1. The lowest BCUT2D eigenvalue weighted by atomic mass is 10.1. The number of rotatable bonds is 5. The number of carbonyl (C=O) groups is 1. The van der Waals surface area contributed by atoms with Crippen LogP contribution in [0.5, 0.6) is 0 Å². The number of nitrogens with zero attached hydrogens (tertiary/aromatic N) is 3. The Labute approximate surface area is 148 Å². The van der Waals surface area contributed by atoms with Gasteiger partial charge in [0.2, 0.25) is 0 Å². The molecule has 25 heavy (non-hydrogen) atoms. The van der Waals surface area contributed by atoms with Crippen molar-refractivity contribution in [3.8, 4) is 0 Å². The summed E-state index contributed by atoms with van der Waals surface area (Å²) in [6, 6.07) is 20.1. The van der Waals surface area contributed by atoms with E-state index in [9.17, 15) is 4.79 Å². The second-order valence-corrected chi connectivity index (χ2v) is 6.02. The van der Waals surface area contributed by atoms with Gasteiger partial charge in [-0.25, -0.2) is 0 Å². The summed E-state index contributed by atoms with van der Waals surface area (Å²) in [5.41, 5.74) is 2.96. The molecule has 2 aromatic carbocycles. The zero-order valence-corrected chi connectivity index (χ0v) is 14.5. The van der Waals surface area contributed by atoms with Crippen LogP contribution in [-0.4, -0.2) is 49.3 Å². The summed E-state index contributed by atoms with van der Waals surface area (Å²) in [5, 5.41) is 4.05. The van der Waals surface area contributed by atoms with Gasteiger partial charge < -0.3 is 14.6 Å². The van der Waals surface area contributed by atoms with E-state index >= 15 is 0 Å². The minimum Gasteiger partial charge on any atom is -0.385 e. The molecule has 0 bridgehead atoms. The van der Waals surface area contributed by atoms with E-state index in [0.29, 0.717) is 13.1 Å². The van der Waals surface area contributed by atoms with Crippen molar-refractivity contribution in [2.24, 2.45) is 5.16 Å². The predicted molar refractivity (Wildman–Crippen MR) is 99.8 cm³/mol. The molecule has 1 amide bonds. The summed E-state index contributed by atoms with van der Waals surface area (Å²) in [7, 11) is 0. The van der Waals surface area contributed by atoms with Crippen LogP contribution in [0.15, 0.2) is 65.8 Å². The Balaban J connectivity index is 1.45. The first-order valence-electron chi connectivity index (χ1n) is 8.54. The summed E-state index contributed by atoms with van der Waals surface area (Å²) in [5.74, 6) is -0.0164. The number of hydrogen-bond donors (Lipinski definition) is 0. The zero-order chi connectivity index (χ0) is 17.5. The molecule has 5 heteroatoms. The standard InChI is InChI=1S/C20H23N3O2/c1-17(18-8-4-2-5-9-18)21-25-16-20(24)23-14-12-22(13-15-23)19-10-6-3-7-11-19/h2-11H,12-16H2,1H3. The van der Waals surface area contributed by atoms with Crippen molar-refractivity contribution in [1.82, 2.24) is 4.90 Å². The van der Waals surface area contributed by atoms with Crippen LogP contribution in [-0.2, 0) is 9.63 Å². The Hall–Kier alpha value is -2.82. The van der Waals surface area contributed by atoms with Crippen LogP contribution in [0.2, 0.25) is 0 Å². The minimum atomic E-state index is -0.0183. The molecule has 1 fully saturated rings. The lowest BCUT2D eigenvalue weighted by molar-refractivity contribution is -0.136. The van der Waals surface area contributed by atoms with Crippen LogP contribution < -0.4 is 4.90 Å². The summed E-state index contributed by atoms with van der Waals surface area (Å²) >= 11 is 0. The van der Waals surface area contributed by atoms with Gasteiger partial charge in [-0.3, -0.25) is 4.79 Å². The molecule has 0 aliphatic carbocycles. The van der Waals surface area contributed by atoms with Crippen LogP contribution in [0.1, 0.15) is 12.5 Å². The third-order valence-corrected chi connectivity index (χ3v) is 4.33. The van der Waals surface area contributed by atoms with Crippen LogP contribution in [0, 0.1) is 0 Å². The summed E-state index contributed by atoms with van der Waals surface area (Å²) in [4.78, 5) is 21.7. The first kappa shape index (κ1) is 17.0. The first-order chi connectivity index (χ1) is 12.2. The number of para-hydroxylation sites is 1. The van der Waals surface area contributed by atoms with E-state index in [2.05, 4.69) is 22.2 Å². The van der Waals surface area contributed by atoms with E-state index in [1.165, 1.54) is 5.69 Å². The molecule has 130 valence electrons. The molecule has 3 rings (SSSR count). The van der Waals surface area contributed by atoms with Crippen molar-refractivity contribution < 1.29 is 9.63 Å². The van der Waals surface area contributed by atoms with Crippen LogP contribution >= 0.6 is 0 Å². The number of anilines is 1. The van der Waals surface area contributed by atoms with Crippen molar-refractivity contribution in [1.29, 1.82) is 0 Å². The summed E-state index contributed by atoms with van der Waals surface area (Å²) < 4.78 is 0. The quantitative estimate of drug-likeness (QED) is 0.622. The van der Waals surface area contributed by atoms with Gasteiger partial charge in [0.1, 0.15) is 0 Å². The highest BCUT2D eigenvalue weighted by atomic mass is 16.6. The topological polar surface area (TPSA) is 45.1 Å². The number of piperazine rings is 1. The van der Waals surface area contributed by atoms with E-state index in [-0.39, 0.29) is 12.5 Å². The van der Waals surface area contributed by atoms with E-state index < -0.39 is 0 Å². The fourth-order valence-electron chi connectivity index (χ4n) is 2.86. The molecule has 1 saturated heterocycles.